The molecule has 0 heterocycles. The van der Waals surface area contributed by atoms with E-state index < -0.39 is 62.3 Å². The maximum Gasteiger partial charge on any atom is 0.129 e. The van der Waals surface area contributed by atoms with Crippen LogP contribution in [0.4, 0.5) is 0 Å². The van der Waals surface area contributed by atoms with Crippen molar-refractivity contribution in [3.05, 3.63) is 138 Å². The topological polar surface area (TPSA) is 80.9 Å². The van der Waals surface area contributed by atoms with Crippen LogP contribution in [0.5, 0.6) is 0 Å². The van der Waals surface area contributed by atoms with Gasteiger partial charge in [0.05, 0.1) is 18.6 Å². The van der Waals surface area contributed by atoms with Crippen molar-refractivity contribution < 1.29 is 20.4 Å². The van der Waals surface area contributed by atoms with Gasteiger partial charge in [-0.1, -0.05) is 226 Å². The van der Waals surface area contributed by atoms with Gasteiger partial charge in [-0.15, -0.1) is 0 Å². The molecule has 4 heteroatoms. The number of aliphatic hydroxyl groups excluding tert-OH is 2. The lowest BCUT2D eigenvalue weighted by atomic mass is 9.47. The molecule has 4 rings (SSSR count). The molecule has 0 amide bonds. The van der Waals surface area contributed by atoms with Crippen LogP contribution in [-0.4, -0.2) is 33.6 Å². The minimum atomic E-state index is -2.31. The fraction of sp³-hybridized carbons (Fsp3) is 0.631. The van der Waals surface area contributed by atoms with Gasteiger partial charge in [-0.2, -0.15) is 0 Å². The minimum absolute atomic E-state index is 0.246. The van der Waals surface area contributed by atoms with Crippen LogP contribution in [0.3, 0.4) is 0 Å². The summed E-state index contributed by atoms with van der Waals surface area (Å²) in [6.07, 6.45) is 0. The summed E-state index contributed by atoms with van der Waals surface area (Å²) in [6.45, 7) is 59.5. The van der Waals surface area contributed by atoms with Gasteiger partial charge in [0.1, 0.15) is 11.2 Å². The number of rotatable bonds is 8. The zero-order chi connectivity index (χ0) is 53.8. The van der Waals surface area contributed by atoms with E-state index in [1.54, 1.807) is 0 Å². The van der Waals surface area contributed by atoms with E-state index in [1.807, 2.05) is 0 Å². The van der Waals surface area contributed by atoms with Crippen molar-refractivity contribution in [3.63, 3.8) is 0 Å². The van der Waals surface area contributed by atoms with Gasteiger partial charge in [0.15, 0.2) is 0 Å². The second kappa shape index (κ2) is 18.0. The van der Waals surface area contributed by atoms with Gasteiger partial charge >= 0.3 is 0 Å². The first-order chi connectivity index (χ1) is 30.6. The molecule has 0 saturated carbocycles. The SMILES string of the molecule is Cc1cc(C(C)(C)C)c(C(O)(c2c(C(C)(C)C)cc(C)cc2C(C)(C)C)C(CO)(CO)C(O)(c2c(C)cc(C(C)(C)C)cc2C(C)(C)C)c2c(C)cc(C(C)(C)C)cc2C(C)(C)C)c(C(C)(C)C)c1. The summed E-state index contributed by atoms with van der Waals surface area (Å²) in [4.78, 5) is 0. The zero-order valence-corrected chi connectivity index (χ0v) is 49.3. The first kappa shape index (κ1) is 58.3. The standard InChI is InChI=1S/C65H100O4/c1-39-29-45(57(11,12)13)53(46(30-39)58(14,15)16)65(69,54-47(59(17,18)19)31-40(2)32-48(54)60(20,21)22)63(37-66,38-67)64(68,51-41(3)33-43(55(5,6)7)35-49(51)61(23,24)25)52-42(4)34-44(56(8,9)10)36-50(52)62(26,27)28/h29-36,66-69H,37-38H2,1-28H3. The molecule has 4 aromatic rings. The molecule has 4 nitrogen and oxygen atoms in total. The number of hydrogen-bond acceptors (Lipinski definition) is 4. The first-order valence-corrected chi connectivity index (χ1v) is 25.9. The van der Waals surface area contributed by atoms with Crippen LogP contribution in [0.2, 0.25) is 0 Å². The molecule has 0 fully saturated rings. The number of benzene rings is 4. The average molecular weight is 946 g/mol. The van der Waals surface area contributed by atoms with Crippen molar-refractivity contribution in [1.82, 2.24) is 0 Å². The lowest BCUT2D eigenvalue weighted by molar-refractivity contribution is -0.212. The quantitative estimate of drug-likeness (QED) is 0.142. The van der Waals surface area contributed by atoms with Crippen molar-refractivity contribution >= 4 is 0 Å². The van der Waals surface area contributed by atoms with E-state index >= 15 is 10.2 Å². The Balaban J connectivity index is 2.83. The third-order valence-corrected chi connectivity index (χ3v) is 15.2. The molecule has 0 spiro atoms. The van der Waals surface area contributed by atoms with E-state index in [1.165, 1.54) is 0 Å². The summed E-state index contributed by atoms with van der Waals surface area (Å²) in [5, 5.41) is 59.0. The van der Waals surface area contributed by atoms with Crippen molar-refractivity contribution in [1.29, 1.82) is 0 Å². The highest BCUT2D eigenvalue weighted by Crippen LogP contribution is 2.65. The minimum Gasteiger partial charge on any atom is -0.395 e. The van der Waals surface area contributed by atoms with E-state index in [-0.39, 0.29) is 10.8 Å². The van der Waals surface area contributed by atoms with Gasteiger partial charge in [-0.05, 0) is 149 Å². The lowest BCUT2D eigenvalue weighted by Gasteiger charge is -2.60. The number of hydrogen-bond donors (Lipinski definition) is 4. The molecule has 0 aliphatic carbocycles. The fourth-order valence-corrected chi connectivity index (χ4v) is 11.3. The Kier molecular flexibility index (Phi) is 15.2. The summed E-state index contributed by atoms with van der Waals surface area (Å²) >= 11 is 0. The van der Waals surface area contributed by atoms with E-state index in [0.717, 1.165) is 66.8 Å². The summed E-state index contributed by atoms with van der Waals surface area (Å²) in [7, 11) is 0. The highest BCUT2D eigenvalue weighted by molar-refractivity contribution is 5.65. The molecule has 384 valence electrons. The number of aryl methyl sites for hydroxylation is 4. The molecular formula is C65H100O4. The van der Waals surface area contributed by atoms with Gasteiger partial charge in [-0.25, -0.2) is 0 Å². The summed E-state index contributed by atoms with van der Waals surface area (Å²) < 4.78 is 0. The Morgan fingerprint density at radius 1 is 0.290 bits per heavy atom. The highest BCUT2D eigenvalue weighted by Gasteiger charge is 2.69. The van der Waals surface area contributed by atoms with Crippen LogP contribution in [0.1, 0.15) is 255 Å². The van der Waals surface area contributed by atoms with E-state index in [2.05, 4.69) is 242 Å². The van der Waals surface area contributed by atoms with Crippen LogP contribution in [0.15, 0.2) is 48.5 Å². The Bertz CT molecular complexity index is 2300. The van der Waals surface area contributed by atoms with Crippen molar-refractivity contribution in [3.8, 4) is 0 Å². The maximum absolute atomic E-state index is 16.1. The van der Waals surface area contributed by atoms with E-state index in [9.17, 15) is 10.2 Å². The van der Waals surface area contributed by atoms with Gasteiger partial charge in [0.25, 0.3) is 0 Å². The predicted molar refractivity (Wildman–Crippen MR) is 297 cm³/mol. The summed E-state index contributed by atoms with van der Waals surface area (Å²) in [6, 6.07) is 17.7. The molecule has 0 saturated heterocycles. The third kappa shape index (κ3) is 10.4. The van der Waals surface area contributed by atoms with Gasteiger partial charge in [0.2, 0.25) is 0 Å². The smallest absolute Gasteiger partial charge is 0.129 e. The van der Waals surface area contributed by atoms with Crippen molar-refractivity contribution in [2.75, 3.05) is 13.2 Å². The van der Waals surface area contributed by atoms with Crippen LogP contribution in [0, 0.1) is 33.1 Å². The Hall–Kier alpha value is -3.28. The average Bonchev–Trinajstić information content (AvgIpc) is 3.14. The van der Waals surface area contributed by atoms with Crippen LogP contribution in [0.25, 0.3) is 0 Å². The first-order valence-electron chi connectivity index (χ1n) is 25.9. The van der Waals surface area contributed by atoms with Crippen LogP contribution in [-0.2, 0) is 54.5 Å². The molecule has 0 atom stereocenters. The van der Waals surface area contributed by atoms with Crippen molar-refractivity contribution in [2.24, 2.45) is 5.41 Å². The van der Waals surface area contributed by atoms with Crippen LogP contribution >= 0.6 is 0 Å². The Morgan fingerprint density at radius 2 is 0.493 bits per heavy atom. The number of aliphatic hydroxyl groups is 4. The summed E-state index contributed by atoms with van der Waals surface area (Å²) in [5.41, 5.74) is 3.21. The second-order valence-corrected chi connectivity index (χ2v) is 29.7. The molecule has 0 aliphatic rings. The Labute approximate surface area is 423 Å². The van der Waals surface area contributed by atoms with Gasteiger partial charge in [0, 0.05) is 0 Å². The van der Waals surface area contributed by atoms with Crippen molar-refractivity contribution in [2.45, 2.75) is 248 Å². The molecule has 0 aliphatic heterocycles. The molecule has 4 aromatic carbocycles. The molecule has 69 heavy (non-hydrogen) atoms. The fourth-order valence-electron chi connectivity index (χ4n) is 11.3. The normalized spacial score (nSPS) is 14.5. The van der Waals surface area contributed by atoms with Crippen LogP contribution < -0.4 is 0 Å². The summed E-state index contributed by atoms with van der Waals surface area (Å²) in [5.74, 6) is 0. The highest BCUT2D eigenvalue weighted by atomic mass is 16.3. The molecule has 0 bridgehead atoms. The molecular weight excluding hydrogens is 845 g/mol. The van der Waals surface area contributed by atoms with Gasteiger partial charge < -0.3 is 20.4 Å². The molecule has 0 radical (unpaired) electrons. The van der Waals surface area contributed by atoms with E-state index in [4.69, 9.17) is 0 Å². The predicted octanol–water partition coefficient (Wildman–Crippen LogP) is 15.4. The molecule has 4 N–H and O–H groups in total. The lowest BCUT2D eigenvalue weighted by Crippen LogP contribution is -2.66. The maximum atomic E-state index is 16.1. The molecule has 0 aromatic heterocycles. The van der Waals surface area contributed by atoms with Gasteiger partial charge in [-0.3, -0.25) is 0 Å². The second-order valence-electron chi connectivity index (χ2n) is 29.7. The largest absolute Gasteiger partial charge is 0.395 e. The third-order valence-electron chi connectivity index (χ3n) is 15.2. The Morgan fingerprint density at radius 3 is 0.681 bits per heavy atom. The monoisotopic (exact) mass is 945 g/mol. The zero-order valence-electron chi connectivity index (χ0n) is 49.3. The molecule has 0 unspecified atom stereocenters. The van der Waals surface area contributed by atoms with E-state index in [0.29, 0.717) is 22.3 Å².